The number of carboxylic acids is 1. The van der Waals surface area contributed by atoms with Gasteiger partial charge in [0.15, 0.2) is 0 Å². The summed E-state index contributed by atoms with van der Waals surface area (Å²) in [7, 11) is 0. The molecule has 0 heterocycles. The van der Waals surface area contributed by atoms with Gasteiger partial charge >= 0.3 is 5.97 Å². The van der Waals surface area contributed by atoms with Gasteiger partial charge in [0.2, 0.25) is 0 Å². The van der Waals surface area contributed by atoms with Crippen LogP contribution in [0.25, 0.3) is 6.08 Å². The van der Waals surface area contributed by atoms with Crippen LogP contribution in [0.15, 0.2) is 35.9 Å². The lowest BCUT2D eigenvalue weighted by Gasteiger charge is -2.05. The maximum Gasteiger partial charge on any atom is 0.331 e. The zero-order chi connectivity index (χ0) is 21.0. The molecule has 1 aromatic rings. The average Bonchev–Trinajstić information content (AvgIpc) is 2.73. The standard InChI is InChI=1S/C27H44O2/c1-2-3-4-5-6-7-8-9-10-11-12-13-14-15-16-20-23-26(27(28)29)24-25-21-18-17-19-22-25/h17-19,21-22,24H,2-16,20,23H2,1H3,(H,28,29). The van der Waals surface area contributed by atoms with E-state index >= 15 is 0 Å². The number of hydrogen-bond donors (Lipinski definition) is 1. The van der Waals surface area contributed by atoms with Crippen LogP contribution >= 0.6 is 0 Å². The van der Waals surface area contributed by atoms with Crippen LogP contribution in [0.3, 0.4) is 0 Å². The minimum absolute atomic E-state index is 0.529. The highest BCUT2D eigenvalue weighted by Crippen LogP contribution is 2.17. The van der Waals surface area contributed by atoms with E-state index in [9.17, 15) is 9.90 Å². The molecule has 0 aliphatic rings. The Morgan fingerprint density at radius 1 is 0.690 bits per heavy atom. The Morgan fingerprint density at radius 3 is 1.52 bits per heavy atom. The lowest BCUT2D eigenvalue weighted by molar-refractivity contribution is -0.132. The van der Waals surface area contributed by atoms with E-state index in [0.29, 0.717) is 12.0 Å². The van der Waals surface area contributed by atoms with Crippen molar-refractivity contribution in [3.8, 4) is 0 Å². The summed E-state index contributed by atoms with van der Waals surface area (Å²) < 4.78 is 0. The van der Waals surface area contributed by atoms with E-state index in [2.05, 4.69) is 6.92 Å². The molecule has 1 aromatic carbocycles. The van der Waals surface area contributed by atoms with Gasteiger partial charge < -0.3 is 5.11 Å². The van der Waals surface area contributed by atoms with E-state index in [1.165, 1.54) is 89.9 Å². The largest absolute Gasteiger partial charge is 0.478 e. The first-order valence-electron chi connectivity index (χ1n) is 12.2. The van der Waals surface area contributed by atoms with Crippen molar-refractivity contribution >= 4 is 12.0 Å². The van der Waals surface area contributed by atoms with Crippen LogP contribution in [0.2, 0.25) is 0 Å². The SMILES string of the molecule is CCCCCCCCCCCCCCCCCCC(=Cc1ccccc1)C(=O)O. The fourth-order valence-corrected chi connectivity index (χ4v) is 3.85. The summed E-state index contributed by atoms with van der Waals surface area (Å²) in [6, 6.07) is 9.75. The van der Waals surface area contributed by atoms with Gasteiger partial charge in [-0.3, -0.25) is 0 Å². The smallest absolute Gasteiger partial charge is 0.331 e. The second kappa shape index (κ2) is 18.5. The van der Waals surface area contributed by atoms with Gasteiger partial charge in [0, 0.05) is 5.57 Å². The minimum Gasteiger partial charge on any atom is -0.478 e. The number of aliphatic carboxylic acids is 1. The predicted molar refractivity (Wildman–Crippen MR) is 126 cm³/mol. The molecule has 0 saturated heterocycles. The van der Waals surface area contributed by atoms with E-state index in [-0.39, 0.29) is 0 Å². The van der Waals surface area contributed by atoms with Gasteiger partial charge in [-0.1, -0.05) is 134 Å². The third kappa shape index (κ3) is 15.0. The first-order chi connectivity index (χ1) is 14.2. The molecule has 0 fully saturated rings. The van der Waals surface area contributed by atoms with Crippen molar-refractivity contribution in [2.24, 2.45) is 0 Å². The van der Waals surface area contributed by atoms with Gasteiger partial charge in [0.1, 0.15) is 0 Å². The molecule has 0 saturated carbocycles. The zero-order valence-corrected chi connectivity index (χ0v) is 18.8. The van der Waals surface area contributed by atoms with E-state index in [1.807, 2.05) is 36.4 Å². The summed E-state index contributed by atoms with van der Waals surface area (Å²) in [5.74, 6) is -0.783. The van der Waals surface area contributed by atoms with Gasteiger partial charge in [-0.05, 0) is 24.5 Å². The van der Waals surface area contributed by atoms with Crippen molar-refractivity contribution in [2.75, 3.05) is 0 Å². The van der Waals surface area contributed by atoms with Crippen LogP contribution in [-0.2, 0) is 4.79 Å². The topological polar surface area (TPSA) is 37.3 Å². The molecule has 0 atom stereocenters. The first kappa shape index (κ1) is 25.5. The zero-order valence-electron chi connectivity index (χ0n) is 18.8. The molecule has 0 aromatic heterocycles. The van der Waals surface area contributed by atoms with E-state index in [0.717, 1.165) is 18.4 Å². The summed E-state index contributed by atoms with van der Waals surface area (Å²) in [4.78, 5) is 11.4. The molecule has 2 nitrogen and oxygen atoms in total. The van der Waals surface area contributed by atoms with Gasteiger partial charge in [-0.15, -0.1) is 0 Å². The Kier molecular flexibility index (Phi) is 16.2. The maximum absolute atomic E-state index is 11.4. The molecule has 164 valence electrons. The fraction of sp³-hybridized carbons (Fsp3) is 0.667. The Labute approximate surface area is 179 Å². The number of benzene rings is 1. The Bertz CT molecular complexity index is 533. The van der Waals surface area contributed by atoms with Crippen LogP contribution in [0, 0.1) is 0 Å². The predicted octanol–water partition coefficient (Wildman–Crippen LogP) is 8.81. The molecule has 2 heteroatoms. The molecular formula is C27H44O2. The van der Waals surface area contributed by atoms with Gasteiger partial charge in [0.25, 0.3) is 0 Å². The van der Waals surface area contributed by atoms with Crippen LogP contribution in [0.1, 0.15) is 122 Å². The molecule has 0 aliphatic heterocycles. The lowest BCUT2D eigenvalue weighted by Crippen LogP contribution is -2.00. The molecule has 1 rings (SSSR count). The van der Waals surface area contributed by atoms with Crippen LogP contribution in [0.5, 0.6) is 0 Å². The second-order valence-corrected chi connectivity index (χ2v) is 8.44. The fourth-order valence-electron chi connectivity index (χ4n) is 3.85. The second-order valence-electron chi connectivity index (χ2n) is 8.44. The lowest BCUT2D eigenvalue weighted by atomic mass is 10.0. The highest BCUT2D eigenvalue weighted by molar-refractivity contribution is 5.92. The monoisotopic (exact) mass is 400 g/mol. The number of hydrogen-bond acceptors (Lipinski definition) is 1. The van der Waals surface area contributed by atoms with E-state index < -0.39 is 5.97 Å². The molecular weight excluding hydrogens is 356 g/mol. The summed E-state index contributed by atoms with van der Waals surface area (Å²) in [6.45, 7) is 2.28. The van der Waals surface area contributed by atoms with Gasteiger partial charge in [-0.2, -0.15) is 0 Å². The van der Waals surface area contributed by atoms with E-state index in [1.54, 1.807) is 0 Å². The Hall–Kier alpha value is -1.57. The summed E-state index contributed by atoms with van der Waals surface area (Å²) in [6.07, 6.45) is 23.9. The van der Waals surface area contributed by atoms with Gasteiger partial charge in [0.05, 0.1) is 0 Å². The summed E-state index contributed by atoms with van der Waals surface area (Å²) in [5, 5.41) is 9.39. The summed E-state index contributed by atoms with van der Waals surface area (Å²) in [5.41, 5.74) is 1.50. The van der Waals surface area contributed by atoms with Crippen LogP contribution < -0.4 is 0 Å². The molecule has 0 radical (unpaired) electrons. The maximum atomic E-state index is 11.4. The highest BCUT2D eigenvalue weighted by Gasteiger charge is 2.07. The van der Waals surface area contributed by atoms with Crippen LogP contribution in [0.4, 0.5) is 0 Å². The first-order valence-corrected chi connectivity index (χ1v) is 12.2. The normalized spacial score (nSPS) is 11.7. The molecule has 0 aliphatic carbocycles. The summed E-state index contributed by atoms with van der Waals surface area (Å²) >= 11 is 0. The molecule has 0 unspecified atom stereocenters. The van der Waals surface area contributed by atoms with Crippen molar-refractivity contribution in [3.63, 3.8) is 0 Å². The third-order valence-corrected chi connectivity index (χ3v) is 5.71. The van der Waals surface area contributed by atoms with Crippen molar-refractivity contribution in [2.45, 2.75) is 116 Å². The molecule has 0 spiro atoms. The van der Waals surface area contributed by atoms with Crippen molar-refractivity contribution in [1.29, 1.82) is 0 Å². The van der Waals surface area contributed by atoms with Crippen molar-refractivity contribution < 1.29 is 9.90 Å². The number of unbranched alkanes of at least 4 members (excludes halogenated alkanes) is 15. The molecule has 1 N–H and O–H groups in total. The minimum atomic E-state index is -0.783. The third-order valence-electron chi connectivity index (χ3n) is 5.71. The number of rotatable bonds is 19. The van der Waals surface area contributed by atoms with Crippen molar-refractivity contribution in [1.82, 2.24) is 0 Å². The molecule has 29 heavy (non-hydrogen) atoms. The Balaban J connectivity index is 1.92. The van der Waals surface area contributed by atoms with Gasteiger partial charge in [-0.25, -0.2) is 4.79 Å². The highest BCUT2D eigenvalue weighted by atomic mass is 16.4. The molecule has 0 amide bonds. The number of carbonyl (C=O) groups is 1. The Morgan fingerprint density at radius 2 is 1.10 bits per heavy atom. The molecule has 0 bridgehead atoms. The van der Waals surface area contributed by atoms with Crippen LogP contribution in [-0.4, -0.2) is 11.1 Å². The number of carboxylic acid groups (broad SMARTS) is 1. The average molecular weight is 401 g/mol. The van der Waals surface area contributed by atoms with Crippen molar-refractivity contribution in [3.05, 3.63) is 41.5 Å². The quantitative estimate of drug-likeness (QED) is 0.186. The van der Waals surface area contributed by atoms with E-state index in [4.69, 9.17) is 0 Å².